The van der Waals surface area contributed by atoms with Crippen LogP contribution in [0.4, 0.5) is 0 Å². The number of carbonyl (C=O) groups excluding carboxylic acids is 1. The lowest BCUT2D eigenvalue weighted by molar-refractivity contribution is -0.142. The van der Waals surface area contributed by atoms with Crippen LogP contribution in [0, 0.1) is 17.8 Å². The molecule has 3 atom stereocenters. The Labute approximate surface area is 96.6 Å². The van der Waals surface area contributed by atoms with E-state index in [0.29, 0.717) is 12.3 Å². The summed E-state index contributed by atoms with van der Waals surface area (Å²) >= 11 is 0. The minimum Gasteiger partial charge on any atom is -0.481 e. The summed E-state index contributed by atoms with van der Waals surface area (Å²) in [7, 11) is 1.77. The molecule has 1 saturated carbocycles. The molecule has 0 aromatic heterocycles. The largest absolute Gasteiger partial charge is 0.481 e. The van der Waals surface area contributed by atoms with E-state index in [1.165, 1.54) is 0 Å². The van der Waals surface area contributed by atoms with Gasteiger partial charge in [-0.25, -0.2) is 0 Å². The van der Waals surface area contributed by atoms with Crippen LogP contribution in [0.1, 0.15) is 33.6 Å². The fraction of sp³-hybridized carbons (Fsp3) is 0.833. The zero-order valence-electron chi connectivity index (χ0n) is 10.4. The third-order valence-electron chi connectivity index (χ3n) is 3.25. The molecule has 1 unspecified atom stereocenters. The van der Waals surface area contributed by atoms with Crippen molar-refractivity contribution in [1.29, 1.82) is 0 Å². The number of carboxylic acids is 1. The Hall–Kier alpha value is -1.06. The first-order chi connectivity index (χ1) is 7.34. The number of aliphatic carboxylic acids is 1. The molecule has 16 heavy (non-hydrogen) atoms. The maximum atomic E-state index is 11.9. The number of rotatable bonds is 5. The van der Waals surface area contributed by atoms with Crippen molar-refractivity contribution < 1.29 is 14.7 Å². The van der Waals surface area contributed by atoms with Crippen LogP contribution in [0.25, 0.3) is 0 Å². The quantitative estimate of drug-likeness (QED) is 0.776. The predicted molar refractivity (Wildman–Crippen MR) is 60.9 cm³/mol. The third kappa shape index (κ3) is 2.97. The number of amides is 1. The van der Waals surface area contributed by atoms with Gasteiger partial charge in [0.15, 0.2) is 0 Å². The van der Waals surface area contributed by atoms with Gasteiger partial charge in [-0.3, -0.25) is 9.59 Å². The van der Waals surface area contributed by atoms with Crippen LogP contribution in [0.5, 0.6) is 0 Å². The molecule has 1 N–H and O–H groups in total. The highest BCUT2D eigenvalue weighted by molar-refractivity contribution is 5.89. The predicted octanol–water partition coefficient (Wildman–Crippen LogP) is 1.60. The first-order valence-corrected chi connectivity index (χ1v) is 5.84. The lowest BCUT2D eigenvalue weighted by atomic mass is 10.0. The molecule has 92 valence electrons. The van der Waals surface area contributed by atoms with Crippen LogP contribution < -0.4 is 0 Å². The molecule has 0 bridgehead atoms. The molecule has 4 nitrogen and oxygen atoms in total. The SMILES string of the molecule is CC(C)CC(C)N(C)C(=O)[C@@H]1C[C@@H]1C(=O)O. The van der Waals surface area contributed by atoms with E-state index in [1.807, 2.05) is 6.92 Å². The van der Waals surface area contributed by atoms with Crippen LogP contribution in [0.15, 0.2) is 0 Å². The van der Waals surface area contributed by atoms with Crippen molar-refractivity contribution in [2.45, 2.75) is 39.7 Å². The van der Waals surface area contributed by atoms with E-state index >= 15 is 0 Å². The minimum atomic E-state index is -0.844. The van der Waals surface area contributed by atoms with E-state index in [-0.39, 0.29) is 17.9 Å². The first kappa shape index (κ1) is 13.0. The lowest BCUT2D eigenvalue weighted by Gasteiger charge is -2.26. The summed E-state index contributed by atoms with van der Waals surface area (Å²) in [4.78, 5) is 24.3. The molecular weight excluding hydrogens is 206 g/mol. The highest BCUT2D eigenvalue weighted by Crippen LogP contribution is 2.40. The van der Waals surface area contributed by atoms with Crippen LogP contribution >= 0.6 is 0 Å². The van der Waals surface area contributed by atoms with Gasteiger partial charge in [-0.05, 0) is 25.7 Å². The summed E-state index contributed by atoms with van der Waals surface area (Å²) in [5.41, 5.74) is 0. The Balaban J connectivity index is 2.46. The number of nitrogens with zero attached hydrogens (tertiary/aromatic N) is 1. The number of hydrogen-bond donors (Lipinski definition) is 1. The first-order valence-electron chi connectivity index (χ1n) is 5.84. The van der Waals surface area contributed by atoms with Gasteiger partial charge in [-0.1, -0.05) is 13.8 Å². The van der Waals surface area contributed by atoms with Crippen molar-refractivity contribution in [3.8, 4) is 0 Å². The molecule has 1 aliphatic carbocycles. The van der Waals surface area contributed by atoms with Gasteiger partial charge in [0.1, 0.15) is 0 Å². The summed E-state index contributed by atoms with van der Waals surface area (Å²) < 4.78 is 0. The summed E-state index contributed by atoms with van der Waals surface area (Å²) in [6.45, 7) is 6.24. The smallest absolute Gasteiger partial charge is 0.307 e. The molecular formula is C12H21NO3. The normalized spacial score (nSPS) is 25.3. The Morgan fingerprint density at radius 3 is 2.25 bits per heavy atom. The van der Waals surface area contributed by atoms with E-state index in [2.05, 4.69) is 13.8 Å². The highest BCUT2D eigenvalue weighted by atomic mass is 16.4. The maximum absolute atomic E-state index is 11.9. The van der Waals surface area contributed by atoms with Crippen molar-refractivity contribution in [3.63, 3.8) is 0 Å². The number of carboxylic acid groups (broad SMARTS) is 1. The monoisotopic (exact) mass is 227 g/mol. The molecule has 0 aromatic rings. The highest BCUT2D eigenvalue weighted by Gasteiger charge is 2.49. The van der Waals surface area contributed by atoms with Crippen molar-refractivity contribution in [2.24, 2.45) is 17.8 Å². The van der Waals surface area contributed by atoms with Crippen molar-refractivity contribution in [3.05, 3.63) is 0 Å². The number of carbonyl (C=O) groups is 2. The van der Waals surface area contributed by atoms with Crippen molar-refractivity contribution in [1.82, 2.24) is 4.90 Å². The van der Waals surface area contributed by atoms with Gasteiger partial charge in [0, 0.05) is 13.1 Å². The second kappa shape index (κ2) is 4.85. The standard InChI is InChI=1S/C12H21NO3/c1-7(2)5-8(3)13(4)11(14)9-6-10(9)12(15)16/h7-10H,5-6H2,1-4H3,(H,15,16)/t8?,9-,10+/m1/s1. The van der Waals surface area contributed by atoms with Crippen LogP contribution in [0.3, 0.4) is 0 Å². The van der Waals surface area contributed by atoms with Gasteiger partial charge in [-0.2, -0.15) is 0 Å². The van der Waals surface area contributed by atoms with Gasteiger partial charge >= 0.3 is 5.97 Å². The molecule has 1 amide bonds. The molecule has 0 aliphatic heterocycles. The van der Waals surface area contributed by atoms with Crippen LogP contribution in [-0.2, 0) is 9.59 Å². The van der Waals surface area contributed by atoms with E-state index in [0.717, 1.165) is 6.42 Å². The van der Waals surface area contributed by atoms with Crippen molar-refractivity contribution >= 4 is 11.9 Å². The maximum Gasteiger partial charge on any atom is 0.307 e. The van der Waals surface area contributed by atoms with Crippen LogP contribution in [0.2, 0.25) is 0 Å². The molecule has 0 aromatic carbocycles. The Bertz CT molecular complexity index is 288. The molecule has 1 aliphatic rings. The van der Waals surface area contributed by atoms with E-state index in [9.17, 15) is 9.59 Å². The van der Waals surface area contributed by atoms with Gasteiger partial charge in [0.2, 0.25) is 5.91 Å². The summed E-state index contributed by atoms with van der Waals surface area (Å²) in [6, 6.07) is 0.183. The third-order valence-corrected chi connectivity index (χ3v) is 3.25. The summed E-state index contributed by atoms with van der Waals surface area (Å²) in [6.07, 6.45) is 1.46. The molecule has 4 heteroatoms. The van der Waals surface area contributed by atoms with Gasteiger partial charge in [0.05, 0.1) is 11.8 Å². The van der Waals surface area contributed by atoms with Gasteiger partial charge < -0.3 is 10.0 Å². The minimum absolute atomic E-state index is 0.0134. The molecule has 0 spiro atoms. The second-order valence-corrected chi connectivity index (χ2v) is 5.21. The Kier molecular flexibility index (Phi) is 3.94. The average molecular weight is 227 g/mol. The molecule has 0 radical (unpaired) electrons. The molecule has 0 saturated heterocycles. The van der Waals surface area contributed by atoms with E-state index < -0.39 is 11.9 Å². The fourth-order valence-corrected chi connectivity index (χ4v) is 2.06. The fourth-order valence-electron chi connectivity index (χ4n) is 2.06. The topological polar surface area (TPSA) is 57.6 Å². The zero-order valence-corrected chi connectivity index (χ0v) is 10.4. The van der Waals surface area contributed by atoms with E-state index in [4.69, 9.17) is 5.11 Å². The van der Waals surface area contributed by atoms with E-state index in [1.54, 1.807) is 11.9 Å². The van der Waals surface area contributed by atoms with Crippen molar-refractivity contribution in [2.75, 3.05) is 7.05 Å². The number of hydrogen-bond acceptors (Lipinski definition) is 2. The summed E-state index contributed by atoms with van der Waals surface area (Å²) in [5.74, 6) is -1.04. The Morgan fingerprint density at radius 1 is 1.31 bits per heavy atom. The molecule has 0 heterocycles. The molecule has 1 rings (SSSR count). The van der Waals surface area contributed by atoms with Crippen LogP contribution in [-0.4, -0.2) is 35.0 Å². The zero-order chi connectivity index (χ0) is 12.5. The van der Waals surface area contributed by atoms with Gasteiger partial charge in [0.25, 0.3) is 0 Å². The Morgan fingerprint density at radius 2 is 1.88 bits per heavy atom. The second-order valence-electron chi connectivity index (χ2n) is 5.21. The lowest BCUT2D eigenvalue weighted by Crippen LogP contribution is -2.37. The summed E-state index contributed by atoms with van der Waals surface area (Å²) in [5, 5.41) is 8.77. The average Bonchev–Trinajstić information content (AvgIpc) is 2.93. The van der Waals surface area contributed by atoms with Gasteiger partial charge in [-0.15, -0.1) is 0 Å². The molecule has 1 fully saturated rings.